The van der Waals surface area contributed by atoms with Crippen molar-refractivity contribution in [3.63, 3.8) is 0 Å². The lowest BCUT2D eigenvalue weighted by molar-refractivity contribution is -0.130. The summed E-state index contributed by atoms with van der Waals surface area (Å²) >= 11 is 0. The fraction of sp³-hybridized carbons (Fsp3) is 0.750. The van der Waals surface area contributed by atoms with Gasteiger partial charge in [-0.3, -0.25) is 15.0 Å². The molecule has 0 unspecified atom stereocenters. The van der Waals surface area contributed by atoms with E-state index in [1.807, 2.05) is 0 Å². The Morgan fingerprint density at radius 2 is 2.15 bits per heavy atom. The molecule has 2 rings (SSSR count). The average molecular weight is 183 g/mol. The van der Waals surface area contributed by atoms with Crippen molar-refractivity contribution in [3.05, 3.63) is 0 Å². The molecule has 0 bridgehead atoms. The molecule has 1 spiro atoms. The molecule has 2 saturated heterocycles. The quantitative estimate of drug-likeness (QED) is 0.556. The van der Waals surface area contributed by atoms with Crippen LogP contribution in [0.25, 0.3) is 0 Å². The fourth-order valence-corrected chi connectivity index (χ4v) is 1.94. The summed E-state index contributed by atoms with van der Waals surface area (Å²) in [6, 6.07) is -0.360. The SMILES string of the molecule is CCCN1CC2(C1)NC(=O)NC2=O. The van der Waals surface area contributed by atoms with Gasteiger partial charge in [-0.15, -0.1) is 0 Å². The topological polar surface area (TPSA) is 61.4 Å². The highest BCUT2D eigenvalue weighted by Crippen LogP contribution is 2.23. The Labute approximate surface area is 76.5 Å². The number of carbonyl (C=O) groups excluding carboxylic acids is 2. The minimum atomic E-state index is -0.605. The zero-order valence-corrected chi connectivity index (χ0v) is 7.59. The second kappa shape index (κ2) is 2.70. The number of imide groups is 1. The van der Waals surface area contributed by atoms with Gasteiger partial charge in [0.15, 0.2) is 0 Å². The van der Waals surface area contributed by atoms with E-state index in [1.165, 1.54) is 0 Å². The molecular formula is C8H13N3O2. The Morgan fingerprint density at radius 1 is 1.46 bits per heavy atom. The van der Waals surface area contributed by atoms with Gasteiger partial charge >= 0.3 is 6.03 Å². The summed E-state index contributed by atoms with van der Waals surface area (Å²) in [4.78, 5) is 24.3. The zero-order valence-electron chi connectivity index (χ0n) is 7.59. The van der Waals surface area contributed by atoms with Crippen molar-refractivity contribution in [1.29, 1.82) is 0 Å². The van der Waals surface area contributed by atoms with Gasteiger partial charge in [-0.25, -0.2) is 4.79 Å². The molecule has 0 aliphatic carbocycles. The molecule has 2 aliphatic heterocycles. The van der Waals surface area contributed by atoms with Crippen LogP contribution in [0, 0.1) is 0 Å². The molecule has 2 N–H and O–H groups in total. The Kier molecular flexibility index (Phi) is 1.76. The van der Waals surface area contributed by atoms with Gasteiger partial charge in [0.25, 0.3) is 5.91 Å². The van der Waals surface area contributed by atoms with Crippen molar-refractivity contribution in [1.82, 2.24) is 15.5 Å². The highest BCUT2D eigenvalue weighted by Gasteiger charge is 2.54. The molecular weight excluding hydrogens is 170 g/mol. The number of nitrogens with zero attached hydrogens (tertiary/aromatic N) is 1. The monoisotopic (exact) mass is 183 g/mol. The molecule has 2 fully saturated rings. The third-order valence-electron chi connectivity index (χ3n) is 2.54. The predicted octanol–water partition coefficient (Wildman–Crippen LogP) is -0.710. The number of hydrogen-bond donors (Lipinski definition) is 2. The third-order valence-corrected chi connectivity index (χ3v) is 2.54. The molecule has 3 amide bonds. The lowest BCUT2D eigenvalue weighted by atomic mass is 9.90. The summed E-state index contributed by atoms with van der Waals surface area (Å²) in [5.74, 6) is -0.176. The molecule has 0 atom stereocenters. The van der Waals surface area contributed by atoms with E-state index in [1.54, 1.807) is 0 Å². The number of nitrogens with one attached hydrogen (secondary N) is 2. The summed E-state index contributed by atoms with van der Waals surface area (Å²) in [6.07, 6.45) is 1.08. The van der Waals surface area contributed by atoms with Crippen LogP contribution in [0.2, 0.25) is 0 Å². The van der Waals surface area contributed by atoms with Gasteiger partial charge < -0.3 is 5.32 Å². The van der Waals surface area contributed by atoms with Gasteiger partial charge in [0.1, 0.15) is 5.54 Å². The van der Waals surface area contributed by atoms with Crippen LogP contribution in [0.4, 0.5) is 4.79 Å². The molecule has 2 aliphatic rings. The number of rotatable bonds is 2. The van der Waals surface area contributed by atoms with Gasteiger partial charge in [0.05, 0.1) is 0 Å². The molecule has 2 heterocycles. The van der Waals surface area contributed by atoms with E-state index in [-0.39, 0.29) is 11.9 Å². The van der Waals surface area contributed by atoms with E-state index in [9.17, 15) is 9.59 Å². The smallest absolute Gasteiger partial charge is 0.321 e. The predicted molar refractivity (Wildman–Crippen MR) is 46.1 cm³/mol. The molecule has 13 heavy (non-hydrogen) atoms. The molecule has 5 nitrogen and oxygen atoms in total. The van der Waals surface area contributed by atoms with Crippen molar-refractivity contribution in [2.24, 2.45) is 0 Å². The van der Waals surface area contributed by atoms with Crippen LogP contribution in [0.15, 0.2) is 0 Å². The summed E-state index contributed by atoms with van der Waals surface area (Å²) < 4.78 is 0. The van der Waals surface area contributed by atoms with Crippen LogP contribution in [-0.4, -0.2) is 42.0 Å². The Hall–Kier alpha value is -1.10. The van der Waals surface area contributed by atoms with E-state index in [0.717, 1.165) is 13.0 Å². The van der Waals surface area contributed by atoms with Crippen molar-refractivity contribution in [3.8, 4) is 0 Å². The van der Waals surface area contributed by atoms with Crippen LogP contribution in [0.5, 0.6) is 0 Å². The van der Waals surface area contributed by atoms with Crippen LogP contribution < -0.4 is 10.6 Å². The van der Waals surface area contributed by atoms with Crippen LogP contribution >= 0.6 is 0 Å². The first-order valence-electron chi connectivity index (χ1n) is 4.52. The number of urea groups is 1. The van der Waals surface area contributed by atoms with Crippen LogP contribution in [0.1, 0.15) is 13.3 Å². The van der Waals surface area contributed by atoms with Crippen LogP contribution in [-0.2, 0) is 4.79 Å². The largest absolute Gasteiger partial charge is 0.322 e. The maximum Gasteiger partial charge on any atom is 0.322 e. The van der Waals surface area contributed by atoms with E-state index in [2.05, 4.69) is 22.5 Å². The van der Waals surface area contributed by atoms with Crippen LogP contribution in [0.3, 0.4) is 0 Å². The van der Waals surface area contributed by atoms with Gasteiger partial charge in [-0.05, 0) is 13.0 Å². The van der Waals surface area contributed by atoms with Crippen molar-refractivity contribution in [2.45, 2.75) is 18.9 Å². The first-order chi connectivity index (χ1) is 6.16. The lowest BCUT2D eigenvalue weighted by Crippen LogP contribution is -2.70. The minimum Gasteiger partial charge on any atom is -0.321 e. The van der Waals surface area contributed by atoms with Gasteiger partial charge in [0.2, 0.25) is 0 Å². The highest BCUT2D eigenvalue weighted by molar-refractivity contribution is 6.08. The molecule has 0 aromatic heterocycles. The molecule has 72 valence electrons. The third kappa shape index (κ3) is 1.19. The second-order valence-corrected chi connectivity index (χ2v) is 3.70. The standard InChI is InChI=1S/C8H13N3O2/c1-2-3-11-4-8(5-11)6(12)9-7(13)10-8/h2-5H2,1H3,(H2,9,10,12,13). The minimum absolute atomic E-state index is 0.176. The number of hydrogen-bond acceptors (Lipinski definition) is 3. The maximum atomic E-state index is 11.3. The van der Waals surface area contributed by atoms with Gasteiger partial charge in [-0.1, -0.05) is 6.92 Å². The normalized spacial score (nSPS) is 25.6. The Balaban J connectivity index is 1.96. The maximum absolute atomic E-state index is 11.3. The molecule has 0 saturated carbocycles. The average Bonchev–Trinajstić information content (AvgIpc) is 2.26. The second-order valence-electron chi connectivity index (χ2n) is 3.70. The highest BCUT2D eigenvalue weighted by atomic mass is 16.2. The number of amides is 3. The van der Waals surface area contributed by atoms with E-state index >= 15 is 0 Å². The number of likely N-dealkylation sites (tertiary alicyclic amines) is 1. The summed E-state index contributed by atoms with van der Waals surface area (Å²) in [6.45, 7) is 4.39. The Morgan fingerprint density at radius 3 is 2.62 bits per heavy atom. The first-order valence-corrected chi connectivity index (χ1v) is 4.52. The fourth-order valence-electron chi connectivity index (χ4n) is 1.94. The first kappa shape index (κ1) is 8.50. The summed E-state index contributed by atoms with van der Waals surface area (Å²) in [7, 11) is 0. The molecule has 5 heteroatoms. The van der Waals surface area contributed by atoms with E-state index in [4.69, 9.17) is 0 Å². The van der Waals surface area contributed by atoms with E-state index < -0.39 is 5.54 Å². The van der Waals surface area contributed by atoms with Gasteiger partial charge in [-0.2, -0.15) is 0 Å². The van der Waals surface area contributed by atoms with Crippen molar-refractivity contribution in [2.75, 3.05) is 19.6 Å². The zero-order chi connectivity index (χ0) is 9.47. The molecule has 0 aromatic rings. The van der Waals surface area contributed by atoms with Crippen molar-refractivity contribution >= 4 is 11.9 Å². The number of carbonyl (C=O) groups is 2. The molecule has 0 radical (unpaired) electrons. The summed E-state index contributed by atoms with van der Waals surface area (Å²) in [5, 5.41) is 4.92. The van der Waals surface area contributed by atoms with Gasteiger partial charge in [0, 0.05) is 13.1 Å². The van der Waals surface area contributed by atoms with E-state index in [0.29, 0.717) is 13.1 Å². The summed E-state index contributed by atoms with van der Waals surface area (Å²) in [5.41, 5.74) is -0.605. The van der Waals surface area contributed by atoms with Crippen molar-refractivity contribution < 1.29 is 9.59 Å². The Bertz CT molecular complexity index is 258. The lowest BCUT2D eigenvalue weighted by Gasteiger charge is -2.45. The molecule has 0 aromatic carbocycles.